The first-order valence-corrected chi connectivity index (χ1v) is 6.68. The number of hydrogen-bond donors (Lipinski definition) is 2. The smallest absolute Gasteiger partial charge is 0.352 e. The van der Waals surface area contributed by atoms with Gasteiger partial charge in [0, 0.05) is 17.6 Å². The summed E-state index contributed by atoms with van der Waals surface area (Å²) < 4.78 is 5.08. The molecule has 0 fully saturated rings. The zero-order valence-corrected chi connectivity index (χ0v) is 12.4. The van der Waals surface area contributed by atoms with Crippen LogP contribution in [0.2, 0.25) is 5.02 Å². The molecular weight excluding hydrogens is 308 g/mol. The molecule has 3 aromatic rings. The number of nitrogens with one attached hydrogen (secondary N) is 2. The van der Waals surface area contributed by atoms with Crippen LogP contribution < -0.4 is 10.8 Å². The lowest BCUT2D eigenvalue weighted by molar-refractivity contribution is -0.145. The van der Waals surface area contributed by atoms with E-state index in [9.17, 15) is 9.59 Å². The summed E-state index contributed by atoms with van der Waals surface area (Å²) in [7, 11) is 0. The van der Waals surface area contributed by atoms with Gasteiger partial charge in [-0.3, -0.25) is 4.79 Å². The predicted octanol–water partition coefficient (Wildman–Crippen LogP) is 3.81. The molecule has 22 heavy (non-hydrogen) atoms. The van der Waals surface area contributed by atoms with Crippen molar-refractivity contribution < 1.29 is 18.8 Å². The second-order valence-corrected chi connectivity index (χ2v) is 4.67. The van der Waals surface area contributed by atoms with Crippen LogP contribution in [0.15, 0.2) is 52.9 Å². The Bertz CT molecular complexity index is 711. The molecule has 0 spiro atoms. The Hall–Kier alpha value is -2.73. The lowest BCUT2D eigenvalue weighted by atomic mass is 10.3. The van der Waals surface area contributed by atoms with Crippen molar-refractivity contribution in [2.75, 3.05) is 5.32 Å². The van der Waals surface area contributed by atoms with E-state index in [0.717, 1.165) is 11.2 Å². The van der Waals surface area contributed by atoms with Crippen LogP contribution in [0.5, 0.6) is 0 Å². The molecule has 0 aliphatic heterocycles. The van der Waals surface area contributed by atoms with Crippen molar-refractivity contribution in [1.29, 1.82) is 0 Å². The van der Waals surface area contributed by atoms with Crippen LogP contribution in [0.25, 0.3) is 11.2 Å². The molecule has 0 radical (unpaired) electrons. The van der Waals surface area contributed by atoms with Crippen LogP contribution in [0.4, 0.5) is 10.5 Å². The zero-order valence-electron chi connectivity index (χ0n) is 11.6. The third-order valence-electron chi connectivity index (χ3n) is 2.43. The first-order valence-electron chi connectivity index (χ1n) is 6.31. The summed E-state index contributed by atoms with van der Waals surface area (Å²) in [5.41, 5.74) is 4.35. The maximum absolute atomic E-state index is 11.1. The molecule has 3 rings (SSSR count). The summed E-state index contributed by atoms with van der Waals surface area (Å²) in [5.74, 6) is -0.601. The highest BCUT2D eigenvalue weighted by atomic mass is 35.5. The van der Waals surface area contributed by atoms with Gasteiger partial charge >= 0.3 is 12.0 Å². The van der Waals surface area contributed by atoms with Crippen molar-refractivity contribution in [2.24, 2.45) is 0 Å². The van der Waals surface area contributed by atoms with Crippen LogP contribution in [0.1, 0.15) is 6.92 Å². The van der Waals surface area contributed by atoms with Crippen molar-refractivity contribution >= 4 is 40.5 Å². The highest BCUT2D eigenvalue weighted by Crippen LogP contribution is 2.14. The molecule has 0 aliphatic rings. The maximum atomic E-state index is 11.1. The van der Waals surface area contributed by atoms with Gasteiger partial charge in [0.15, 0.2) is 0 Å². The molecular formula is C15H13ClN2O4. The van der Waals surface area contributed by atoms with Gasteiger partial charge in [0.1, 0.15) is 11.2 Å². The van der Waals surface area contributed by atoms with E-state index in [1.54, 1.807) is 24.3 Å². The summed E-state index contributed by atoms with van der Waals surface area (Å²) in [5, 5.41) is 2.93. The molecule has 0 saturated heterocycles. The predicted molar refractivity (Wildman–Crippen MR) is 82.8 cm³/mol. The number of urea groups is 1. The molecule has 0 saturated carbocycles. The standard InChI is InChI=1S/C9H9ClN2O3.C6H4O/c1-6(13)15-12-9(14)11-8-4-2-3-7(10)5-8;1-2-6-4-3-5(1)7-6/h2-5H,1H3,(H2,11,12,14);1-4H. The van der Waals surface area contributed by atoms with E-state index in [1.807, 2.05) is 29.7 Å². The first kappa shape index (κ1) is 15.7. The normalized spacial score (nSPS) is 9.73. The van der Waals surface area contributed by atoms with Crippen LogP contribution in [-0.4, -0.2) is 12.0 Å². The van der Waals surface area contributed by atoms with E-state index in [4.69, 9.17) is 16.0 Å². The molecule has 2 aromatic heterocycles. The van der Waals surface area contributed by atoms with Gasteiger partial charge in [0.2, 0.25) is 0 Å². The summed E-state index contributed by atoms with van der Waals surface area (Å²) in [6.07, 6.45) is 0. The first-order chi connectivity index (χ1) is 10.5. The van der Waals surface area contributed by atoms with E-state index >= 15 is 0 Å². The lowest BCUT2D eigenvalue weighted by Crippen LogP contribution is -2.30. The van der Waals surface area contributed by atoms with Gasteiger partial charge in [-0.1, -0.05) is 17.7 Å². The van der Waals surface area contributed by atoms with E-state index in [2.05, 4.69) is 10.2 Å². The topological polar surface area (TPSA) is 80.6 Å². The van der Waals surface area contributed by atoms with Gasteiger partial charge in [0.25, 0.3) is 0 Å². The molecule has 0 aliphatic carbocycles. The minimum atomic E-state index is -0.646. The van der Waals surface area contributed by atoms with Gasteiger partial charge in [-0.25, -0.2) is 4.79 Å². The quantitative estimate of drug-likeness (QED) is 0.668. The molecule has 114 valence electrons. The lowest BCUT2D eigenvalue weighted by Gasteiger charge is -2.06. The third-order valence-corrected chi connectivity index (χ3v) is 2.66. The largest absolute Gasteiger partial charge is 0.457 e. The molecule has 2 N–H and O–H groups in total. The van der Waals surface area contributed by atoms with E-state index in [-0.39, 0.29) is 0 Å². The fourth-order valence-electron chi connectivity index (χ4n) is 1.55. The number of fused-ring (bicyclic) bond motifs is 2. The fraction of sp³-hybridized carbons (Fsp3) is 0.0667. The van der Waals surface area contributed by atoms with Crippen LogP contribution in [0, 0.1) is 0 Å². The average Bonchev–Trinajstić information content (AvgIpc) is 3.11. The van der Waals surface area contributed by atoms with Gasteiger partial charge < -0.3 is 14.6 Å². The number of hydrogen-bond acceptors (Lipinski definition) is 4. The number of halogens is 1. The highest BCUT2D eigenvalue weighted by Gasteiger charge is 2.02. The van der Waals surface area contributed by atoms with Crippen molar-refractivity contribution in [3.8, 4) is 0 Å². The molecule has 1 aromatic carbocycles. The number of benzene rings is 2. The Labute approximate surface area is 131 Å². The van der Waals surface area contributed by atoms with Crippen molar-refractivity contribution in [1.82, 2.24) is 5.48 Å². The average molecular weight is 321 g/mol. The number of rotatable bonds is 1. The Balaban J connectivity index is 0.000000205. The molecule has 2 heterocycles. The molecule has 0 atom stereocenters. The summed E-state index contributed by atoms with van der Waals surface area (Å²) in [4.78, 5) is 25.7. The Morgan fingerprint density at radius 3 is 2.18 bits per heavy atom. The van der Waals surface area contributed by atoms with E-state index < -0.39 is 12.0 Å². The van der Waals surface area contributed by atoms with E-state index in [1.165, 1.54) is 6.92 Å². The van der Waals surface area contributed by atoms with Crippen molar-refractivity contribution in [2.45, 2.75) is 6.92 Å². The summed E-state index contributed by atoms with van der Waals surface area (Å²) >= 11 is 5.70. The second-order valence-electron chi connectivity index (χ2n) is 4.23. The van der Waals surface area contributed by atoms with Gasteiger partial charge in [0.05, 0.1) is 0 Å². The summed E-state index contributed by atoms with van der Waals surface area (Å²) in [6, 6.07) is 13.7. The van der Waals surface area contributed by atoms with E-state index in [0.29, 0.717) is 10.7 Å². The highest BCUT2D eigenvalue weighted by molar-refractivity contribution is 6.30. The number of furan rings is 2. The molecule has 2 bridgehead atoms. The Morgan fingerprint density at radius 1 is 1.09 bits per heavy atom. The number of amides is 2. The minimum Gasteiger partial charge on any atom is -0.457 e. The number of anilines is 1. The number of carbonyl (C=O) groups is 2. The summed E-state index contributed by atoms with van der Waals surface area (Å²) in [6.45, 7) is 1.18. The Kier molecular flexibility index (Phi) is 5.21. The Morgan fingerprint density at radius 2 is 1.73 bits per heavy atom. The molecule has 7 heteroatoms. The molecule has 0 unspecified atom stereocenters. The van der Waals surface area contributed by atoms with Crippen molar-refractivity contribution in [3.63, 3.8) is 0 Å². The molecule has 2 amide bonds. The molecule has 6 nitrogen and oxygen atoms in total. The monoisotopic (exact) mass is 320 g/mol. The number of hydroxylamine groups is 1. The van der Waals surface area contributed by atoms with Gasteiger partial charge in [-0.05, 0) is 42.5 Å². The SMILES string of the molecule is CC(=O)ONC(=O)Nc1cccc(Cl)c1.c1cc2ccc1o2. The van der Waals surface area contributed by atoms with Gasteiger partial charge in [-0.2, -0.15) is 5.48 Å². The number of carbonyl (C=O) groups excluding carboxylic acids is 2. The third kappa shape index (κ3) is 4.99. The van der Waals surface area contributed by atoms with Crippen LogP contribution in [0.3, 0.4) is 0 Å². The van der Waals surface area contributed by atoms with Crippen LogP contribution in [-0.2, 0) is 9.63 Å². The van der Waals surface area contributed by atoms with Crippen LogP contribution >= 0.6 is 11.6 Å². The maximum Gasteiger partial charge on any atom is 0.352 e. The second kappa shape index (κ2) is 7.33. The fourth-order valence-corrected chi connectivity index (χ4v) is 1.74. The minimum absolute atomic E-state index is 0.500. The van der Waals surface area contributed by atoms with Crippen molar-refractivity contribution in [3.05, 3.63) is 53.6 Å². The zero-order chi connectivity index (χ0) is 15.9. The van der Waals surface area contributed by atoms with Gasteiger partial charge in [-0.15, -0.1) is 0 Å².